The number of azide groups is 1. The lowest BCUT2D eigenvalue weighted by Gasteiger charge is -2.02. The van der Waals surface area contributed by atoms with E-state index in [-0.39, 0.29) is 18.7 Å². The SMILES string of the molecule is C.C#CC(N)C(=O)O.C#CCN.NCCN.NCCc1cnc[nH]1.NCc1ccc(-c2nncnn2)cc1.NCc1ccc(S(N)(=O)=O)cc1.N[C@H](Cc1cnc[nH]1)C(=O)O.[N-]=[N+]=NCCCN. The second-order valence-electron chi connectivity index (χ2n) is 12.1. The van der Waals surface area contributed by atoms with E-state index < -0.39 is 34.0 Å². The third kappa shape index (κ3) is 38.0. The van der Waals surface area contributed by atoms with Crippen LogP contribution >= 0.6 is 0 Å². The lowest BCUT2D eigenvalue weighted by Crippen LogP contribution is -2.32. The number of primary sulfonamides is 1. The molecule has 0 aliphatic rings. The molecule has 0 amide bonds. The lowest BCUT2D eigenvalue weighted by atomic mass is 10.1. The number of sulfonamides is 1. The third-order valence-electron chi connectivity index (χ3n) is 6.88. The van der Waals surface area contributed by atoms with Gasteiger partial charge in [-0.1, -0.05) is 60.8 Å². The minimum Gasteiger partial charge on any atom is -0.480 e. The van der Waals surface area contributed by atoms with Crippen LogP contribution in [0.15, 0.2) is 89.9 Å². The first kappa shape index (κ1) is 67.3. The standard InChI is InChI=1S/C9H9N5.C7H10N2O2S.C6H9N3O2.C5H9N3.C4H5NO2.C3H8N4.C3H5N.C2H8N2.CH4/c10-5-7-1-3-8(4-2-7)9-13-11-6-12-14-9;8-5-6-1-3-7(4-2-6)12(9,10)11;7-5(6(10)11)1-4-2-8-3-9-4;6-2-1-5-3-7-4-8-5;1-2-3(5)4(6)7;4-2-1-3-6-7-5;1-2-3-4;3-1-2-4;/h1-4,6H,5,10H2;1-4H,5,8H2,(H2,9,10,11);2-3,5H,1,7H2,(H,8,9)(H,10,11);3-4H,1-2,6H2,(H,7,8);1,3H,5H2,(H,6,7);1-4H2;1H,3-4H2;1-4H2;1H4/t;;5-;;;;;;/m..1....../s1. The maximum absolute atomic E-state index is 10.8. The summed E-state index contributed by atoms with van der Waals surface area (Å²) in [5, 5.41) is 39.5. The van der Waals surface area contributed by atoms with Crippen LogP contribution in [-0.2, 0) is 45.5 Å². The number of nitrogens with two attached hydrogens (primary N) is 10. The van der Waals surface area contributed by atoms with E-state index in [0.29, 0.717) is 58.2 Å². The Labute approximate surface area is 396 Å². The zero-order valence-electron chi connectivity index (χ0n) is 36.8. The van der Waals surface area contributed by atoms with Gasteiger partial charge in [0, 0.05) is 79.8 Å². The minimum atomic E-state index is -3.57. The van der Waals surface area contributed by atoms with Gasteiger partial charge < -0.3 is 71.8 Å². The molecule has 0 radical (unpaired) electrons. The Kier molecular flexibility index (Phi) is 44.4. The third-order valence-corrected chi connectivity index (χ3v) is 7.81. The molecule has 0 aliphatic heterocycles. The molecule has 24 N–H and O–H groups in total. The molecule has 0 aliphatic carbocycles. The van der Waals surface area contributed by atoms with Crippen molar-refractivity contribution in [3.8, 4) is 36.1 Å². The van der Waals surface area contributed by atoms with E-state index in [0.717, 1.165) is 40.9 Å². The highest BCUT2D eigenvalue weighted by atomic mass is 32.2. The number of carbonyl (C=O) groups is 2. The van der Waals surface area contributed by atoms with E-state index in [1.807, 2.05) is 30.2 Å². The first-order valence-corrected chi connectivity index (χ1v) is 21.0. The Morgan fingerprint density at radius 2 is 1.26 bits per heavy atom. The van der Waals surface area contributed by atoms with Gasteiger partial charge in [0.2, 0.25) is 15.8 Å². The molecule has 68 heavy (non-hydrogen) atoms. The number of hydrogen-bond acceptors (Lipinski definition) is 20. The predicted octanol–water partition coefficient (Wildman–Crippen LogP) is -1.74. The van der Waals surface area contributed by atoms with E-state index in [9.17, 15) is 18.0 Å². The van der Waals surface area contributed by atoms with E-state index in [2.05, 4.69) is 69.1 Å². The topological polar surface area (TPSA) is 527 Å². The zero-order chi connectivity index (χ0) is 51.3. The molecule has 0 saturated heterocycles. The molecule has 27 nitrogen and oxygen atoms in total. The van der Waals surface area contributed by atoms with Gasteiger partial charge in [-0.3, -0.25) is 4.79 Å². The molecule has 0 fully saturated rings. The van der Waals surface area contributed by atoms with Gasteiger partial charge >= 0.3 is 11.9 Å². The fourth-order valence-electron chi connectivity index (χ4n) is 3.50. The van der Waals surface area contributed by atoms with Gasteiger partial charge in [-0.2, -0.15) is 0 Å². The van der Waals surface area contributed by atoms with E-state index in [1.165, 1.54) is 24.8 Å². The molecular formula is C40H67N21O6S. The van der Waals surface area contributed by atoms with Crippen molar-refractivity contribution in [2.45, 2.75) is 56.8 Å². The van der Waals surface area contributed by atoms with E-state index in [1.54, 1.807) is 30.9 Å². The highest BCUT2D eigenvalue weighted by Crippen LogP contribution is 2.13. The van der Waals surface area contributed by atoms with Crippen LogP contribution in [-0.4, -0.2) is 122 Å². The number of carboxylic acid groups (broad SMARTS) is 2. The van der Waals surface area contributed by atoms with E-state index in [4.69, 9.17) is 72.5 Å². The molecule has 0 spiro atoms. The van der Waals surface area contributed by atoms with Crippen molar-refractivity contribution < 1.29 is 28.2 Å². The normalized spacial score (nSPS) is 10.1. The van der Waals surface area contributed by atoms with Crippen LogP contribution in [0.1, 0.15) is 36.4 Å². The maximum atomic E-state index is 10.8. The lowest BCUT2D eigenvalue weighted by molar-refractivity contribution is -0.139. The van der Waals surface area contributed by atoms with Gasteiger partial charge in [0.15, 0.2) is 12.4 Å². The van der Waals surface area contributed by atoms with Crippen molar-refractivity contribution in [2.24, 2.45) is 61.9 Å². The second-order valence-corrected chi connectivity index (χ2v) is 13.6. The van der Waals surface area contributed by atoms with Crippen molar-refractivity contribution >= 4 is 22.0 Å². The van der Waals surface area contributed by atoms with Crippen molar-refractivity contribution in [3.63, 3.8) is 0 Å². The number of benzene rings is 2. The summed E-state index contributed by atoms with van der Waals surface area (Å²) in [6.07, 6.45) is 19.0. The van der Waals surface area contributed by atoms with Crippen molar-refractivity contribution in [3.05, 3.63) is 113 Å². The fraction of sp³-hybridized carbons (Fsp3) is 0.350. The molecule has 5 rings (SSSR count). The molecule has 2 aromatic carbocycles. The van der Waals surface area contributed by atoms with E-state index >= 15 is 0 Å². The average Bonchev–Trinajstić information content (AvgIpc) is 4.08. The molecule has 374 valence electrons. The smallest absolute Gasteiger partial charge is 0.333 e. The molecule has 5 aromatic rings. The van der Waals surface area contributed by atoms with Crippen LogP contribution in [0.25, 0.3) is 21.8 Å². The van der Waals surface area contributed by atoms with Gasteiger partial charge in [-0.15, -0.1) is 33.2 Å². The quantitative estimate of drug-likeness (QED) is 0.0193. The summed E-state index contributed by atoms with van der Waals surface area (Å²) >= 11 is 0. The number of imidazole rings is 2. The van der Waals surface area contributed by atoms with Crippen LogP contribution in [0, 0.1) is 24.7 Å². The van der Waals surface area contributed by atoms with Gasteiger partial charge in [0.25, 0.3) is 0 Å². The minimum absolute atomic E-state index is 0. The number of nitrogens with one attached hydrogen (secondary N) is 2. The number of nitrogens with zero attached hydrogens (tertiary/aromatic N) is 9. The first-order chi connectivity index (χ1) is 32.0. The average molecular weight is 970 g/mol. The van der Waals surface area contributed by atoms with Crippen LogP contribution < -0.4 is 56.7 Å². The van der Waals surface area contributed by atoms with Crippen LogP contribution in [0.5, 0.6) is 0 Å². The number of aromatic amines is 2. The van der Waals surface area contributed by atoms with Gasteiger partial charge in [-0.25, -0.2) is 28.3 Å². The van der Waals surface area contributed by atoms with Crippen molar-refractivity contribution in [1.82, 2.24) is 40.3 Å². The number of carboxylic acids is 2. The monoisotopic (exact) mass is 970 g/mol. The predicted molar refractivity (Wildman–Crippen MR) is 261 cm³/mol. The number of aliphatic carboxylic acids is 2. The molecular weight excluding hydrogens is 903 g/mol. The Morgan fingerprint density at radius 3 is 1.59 bits per heavy atom. The molecule has 2 atom stereocenters. The number of rotatable bonds is 14. The maximum Gasteiger partial charge on any atom is 0.333 e. The molecule has 0 saturated carbocycles. The summed E-state index contributed by atoms with van der Waals surface area (Å²) in [7, 11) is -3.57. The summed E-state index contributed by atoms with van der Waals surface area (Å²) in [4.78, 5) is 35.9. The van der Waals surface area contributed by atoms with Crippen molar-refractivity contribution in [1.29, 1.82) is 0 Å². The van der Waals surface area contributed by atoms with Crippen LogP contribution in [0.2, 0.25) is 0 Å². The van der Waals surface area contributed by atoms with Crippen molar-refractivity contribution in [2.75, 3.05) is 39.3 Å². The van der Waals surface area contributed by atoms with Gasteiger partial charge in [0.1, 0.15) is 6.04 Å². The number of terminal acetylenes is 2. The molecule has 1 unspecified atom stereocenters. The summed E-state index contributed by atoms with van der Waals surface area (Å²) < 4.78 is 21.6. The molecule has 3 heterocycles. The Bertz CT molecular complexity index is 2200. The first-order valence-electron chi connectivity index (χ1n) is 19.4. The fourth-order valence-corrected chi connectivity index (χ4v) is 4.02. The number of hydrogen-bond donors (Lipinski definition) is 14. The van der Waals surface area contributed by atoms with Gasteiger partial charge in [-0.05, 0) is 48.3 Å². The Morgan fingerprint density at radius 1 is 0.779 bits per heavy atom. The molecule has 3 aromatic heterocycles. The van der Waals surface area contributed by atoms with Gasteiger partial charge in [0.05, 0.1) is 24.1 Å². The highest BCUT2D eigenvalue weighted by molar-refractivity contribution is 7.89. The summed E-state index contributed by atoms with van der Waals surface area (Å²) in [5.74, 6) is 2.41. The zero-order valence-corrected chi connectivity index (χ0v) is 37.6. The molecule has 28 heteroatoms. The number of H-pyrrole nitrogens is 2. The molecule has 0 bridgehead atoms. The van der Waals surface area contributed by atoms with Crippen LogP contribution in [0.3, 0.4) is 0 Å². The highest BCUT2D eigenvalue weighted by Gasteiger charge is 2.12. The van der Waals surface area contributed by atoms with Crippen LogP contribution in [0.4, 0.5) is 0 Å². The number of aromatic nitrogens is 8. The Balaban J connectivity index is -0.000000355. The largest absolute Gasteiger partial charge is 0.480 e. The summed E-state index contributed by atoms with van der Waals surface area (Å²) in [6, 6.07) is 11.8. The second kappa shape index (κ2) is 44.9. The summed E-state index contributed by atoms with van der Waals surface area (Å²) in [5.41, 5.74) is 58.2. The Hall–Kier alpha value is -7.28. The summed E-state index contributed by atoms with van der Waals surface area (Å²) in [6.45, 7) is 4.27.